The first kappa shape index (κ1) is 18.8. The van der Waals surface area contributed by atoms with Crippen LogP contribution in [0.2, 0.25) is 0 Å². The quantitative estimate of drug-likeness (QED) is 0.544. The van der Waals surface area contributed by atoms with Gasteiger partial charge in [-0.3, -0.25) is 0 Å². The van der Waals surface area contributed by atoms with Gasteiger partial charge < -0.3 is 19.5 Å². The predicted octanol–water partition coefficient (Wildman–Crippen LogP) is 4.45. The second kappa shape index (κ2) is 7.57. The third-order valence-electron chi connectivity index (χ3n) is 5.66. The van der Waals surface area contributed by atoms with Gasteiger partial charge in [-0.25, -0.2) is 15.0 Å². The zero-order chi connectivity index (χ0) is 20.7. The van der Waals surface area contributed by atoms with Crippen molar-refractivity contribution in [2.24, 2.45) is 0 Å². The molecule has 1 aliphatic heterocycles. The van der Waals surface area contributed by atoms with E-state index in [-0.39, 0.29) is 0 Å². The lowest BCUT2D eigenvalue weighted by atomic mass is 10.2. The van der Waals surface area contributed by atoms with Crippen molar-refractivity contribution in [1.29, 1.82) is 0 Å². The van der Waals surface area contributed by atoms with Gasteiger partial charge in [-0.05, 0) is 38.5 Å². The molecule has 1 saturated heterocycles. The van der Waals surface area contributed by atoms with E-state index in [0.29, 0.717) is 12.0 Å². The van der Waals surface area contributed by atoms with E-state index in [2.05, 4.69) is 76.0 Å². The Bertz CT molecular complexity index is 1210. The van der Waals surface area contributed by atoms with Gasteiger partial charge in [-0.1, -0.05) is 12.1 Å². The molecule has 0 unspecified atom stereocenters. The Morgan fingerprint density at radius 3 is 2.60 bits per heavy atom. The van der Waals surface area contributed by atoms with Gasteiger partial charge in [0.2, 0.25) is 5.95 Å². The van der Waals surface area contributed by atoms with Gasteiger partial charge >= 0.3 is 0 Å². The standard InChI is InChI=1S/C23H26N6O/c1-15(2)29-7-6-17-4-5-18-13-25-23(27-21(18)22(17)29)26-20-12-16(3)19(14-24-20)28-8-10-30-11-9-28/h4-7,12-15H,8-11H2,1-3H3,(H,24,25,26,27). The van der Waals surface area contributed by atoms with E-state index in [1.54, 1.807) is 0 Å². The number of aromatic nitrogens is 4. The molecule has 154 valence electrons. The number of ether oxygens (including phenoxy) is 1. The minimum absolute atomic E-state index is 0.358. The van der Waals surface area contributed by atoms with E-state index < -0.39 is 0 Å². The number of morpholine rings is 1. The Morgan fingerprint density at radius 2 is 1.83 bits per heavy atom. The number of fused-ring (bicyclic) bond motifs is 3. The van der Waals surface area contributed by atoms with E-state index in [0.717, 1.165) is 54.2 Å². The van der Waals surface area contributed by atoms with Crippen LogP contribution in [0.25, 0.3) is 21.8 Å². The first-order valence-electron chi connectivity index (χ1n) is 10.4. The molecule has 7 nitrogen and oxygen atoms in total. The van der Waals surface area contributed by atoms with Crippen molar-refractivity contribution < 1.29 is 4.74 Å². The molecule has 1 N–H and O–H groups in total. The van der Waals surface area contributed by atoms with Crippen LogP contribution in [-0.4, -0.2) is 45.8 Å². The van der Waals surface area contributed by atoms with Gasteiger partial charge in [0.05, 0.1) is 30.6 Å². The highest BCUT2D eigenvalue weighted by Crippen LogP contribution is 2.28. The SMILES string of the molecule is Cc1cc(Nc2ncc3ccc4ccn(C(C)C)c4c3n2)ncc1N1CCOCC1. The van der Waals surface area contributed by atoms with Gasteiger partial charge in [-0.2, -0.15) is 0 Å². The molecular formula is C23H26N6O. The molecule has 1 fully saturated rings. The third kappa shape index (κ3) is 3.35. The van der Waals surface area contributed by atoms with Crippen molar-refractivity contribution in [2.75, 3.05) is 36.5 Å². The highest BCUT2D eigenvalue weighted by Gasteiger charge is 2.15. The number of hydrogen-bond acceptors (Lipinski definition) is 6. The number of anilines is 3. The first-order valence-corrected chi connectivity index (χ1v) is 10.4. The van der Waals surface area contributed by atoms with E-state index in [4.69, 9.17) is 9.72 Å². The van der Waals surface area contributed by atoms with Gasteiger partial charge in [0.25, 0.3) is 0 Å². The van der Waals surface area contributed by atoms with Gasteiger partial charge in [-0.15, -0.1) is 0 Å². The van der Waals surface area contributed by atoms with Gasteiger partial charge in [0.1, 0.15) is 11.3 Å². The number of nitrogens with zero attached hydrogens (tertiary/aromatic N) is 5. The number of hydrogen-bond donors (Lipinski definition) is 1. The Balaban J connectivity index is 1.48. The first-order chi connectivity index (χ1) is 14.6. The summed E-state index contributed by atoms with van der Waals surface area (Å²) in [5, 5.41) is 5.50. The Labute approximate surface area is 175 Å². The molecule has 5 rings (SSSR count). The number of aryl methyl sites for hydroxylation is 1. The zero-order valence-corrected chi connectivity index (χ0v) is 17.6. The lowest BCUT2D eigenvalue weighted by molar-refractivity contribution is 0.122. The molecule has 1 aromatic carbocycles. The summed E-state index contributed by atoms with van der Waals surface area (Å²) >= 11 is 0. The topological polar surface area (TPSA) is 68.1 Å². The summed E-state index contributed by atoms with van der Waals surface area (Å²) in [6, 6.07) is 8.75. The predicted molar refractivity (Wildman–Crippen MR) is 121 cm³/mol. The normalized spacial score (nSPS) is 14.7. The van der Waals surface area contributed by atoms with Crippen LogP contribution in [0.4, 0.5) is 17.5 Å². The minimum atomic E-state index is 0.358. The van der Waals surface area contributed by atoms with Crippen molar-refractivity contribution in [2.45, 2.75) is 26.8 Å². The summed E-state index contributed by atoms with van der Waals surface area (Å²) in [6.07, 6.45) is 5.92. The lowest BCUT2D eigenvalue weighted by Gasteiger charge is -2.29. The second-order valence-electron chi connectivity index (χ2n) is 8.03. The van der Waals surface area contributed by atoms with E-state index in [1.165, 1.54) is 10.9 Å². The van der Waals surface area contributed by atoms with Gasteiger partial charge in [0.15, 0.2) is 0 Å². The number of rotatable bonds is 4. The molecule has 30 heavy (non-hydrogen) atoms. The van der Waals surface area contributed by atoms with Crippen LogP contribution in [0.15, 0.2) is 42.9 Å². The van der Waals surface area contributed by atoms with E-state index >= 15 is 0 Å². The van der Waals surface area contributed by atoms with Crippen LogP contribution < -0.4 is 10.2 Å². The summed E-state index contributed by atoms with van der Waals surface area (Å²) in [4.78, 5) is 16.3. The highest BCUT2D eigenvalue weighted by molar-refractivity contribution is 6.03. The van der Waals surface area contributed by atoms with E-state index in [1.807, 2.05) is 12.4 Å². The monoisotopic (exact) mass is 402 g/mol. The minimum Gasteiger partial charge on any atom is -0.378 e. The summed E-state index contributed by atoms with van der Waals surface area (Å²) in [5.41, 5.74) is 4.41. The van der Waals surface area contributed by atoms with Crippen LogP contribution in [0, 0.1) is 6.92 Å². The smallest absolute Gasteiger partial charge is 0.228 e. The molecule has 3 aromatic heterocycles. The third-order valence-corrected chi connectivity index (χ3v) is 5.66. The number of nitrogens with one attached hydrogen (secondary N) is 1. The van der Waals surface area contributed by atoms with Gasteiger partial charge in [0, 0.05) is 42.3 Å². The fourth-order valence-electron chi connectivity index (χ4n) is 4.10. The Morgan fingerprint density at radius 1 is 1.03 bits per heavy atom. The number of pyridine rings is 1. The fourth-order valence-corrected chi connectivity index (χ4v) is 4.10. The largest absolute Gasteiger partial charge is 0.378 e. The Kier molecular flexibility index (Phi) is 4.75. The summed E-state index contributed by atoms with van der Waals surface area (Å²) in [5.74, 6) is 1.30. The van der Waals surface area contributed by atoms with Crippen LogP contribution in [0.3, 0.4) is 0 Å². The molecule has 0 radical (unpaired) electrons. The molecule has 4 aromatic rings. The molecule has 1 aliphatic rings. The average Bonchev–Trinajstić information content (AvgIpc) is 3.20. The van der Waals surface area contributed by atoms with Crippen LogP contribution >= 0.6 is 0 Å². The lowest BCUT2D eigenvalue weighted by Crippen LogP contribution is -2.36. The maximum absolute atomic E-state index is 5.45. The second-order valence-corrected chi connectivity index (χ2v) is 8.03. The van der Waals surface area contributed by atoms with E-state index in [9.17, 15) is 0 Å². The van der Waals surface area contributed by atoms with Crippen molar-refractivity contribution in [3.8, 4) is 0 Å². The van der Waals surface area contributed by atoms with Crippen LogP contribution in [0.5, 0.6) is 0 Å². The van der Waals surface area contributed by atoms with Crippen LogP contribution in [-0.2, 0) is 4.74 Å². The molecule has 0 bridgehead atoms. The molecule has 7 heteroatoms. The zero-order valence-electron chi connectivity index (χ0n) is 17.6. The average molecular weight is 403 g/mol. The molecule has 0 aliphatic carbocycles. The maximum atomic E-state index is 5.45. The van der Waals surface area contributed by atoms with Crippen molar-refractivity contribution >= 4 is 39.3 Å². The molecule has 0 spiro atoms. The van der Waals surface area contributed by atoms with Crippen molar-refractivity contribution in [3.63, 3.8) is 0 Å². The summed E-state index contributed by atoms with van der Waals surface area (Å²) < 4.78 is 7.71. The highest BCUT2D eigenvalue weighted by atomic mass is 16.5. The van der Waals surface area contributed by atoms with Crippen LogP contribution in [0.1, 0.15) is 25.5 Å². The summed E-state index contributed by atoms with van der Waals surface area (Å²) in [7, 11) is 0. The molecule has 4 heterocycles. The molecule has 0 atom stereocenters. The summed E-state index contributed by atoms with van der Waals surface area (Å²) in [6.45, 7) is 9.79. The van der Waals surface area contributed by atoms with Crippen molar-refractivity contribution in [1.82, 2.24) is 19.5 Å². The fraction of sp³-hybridized carbons (Fsp3) is 0.348. The Hall–Kier alpha value is -3.19. The maximum Gasteiger partial charge on any atom is 0.228 e. The molecule has 0 saturated carbocycles. The molecular weight excluding hydrogens is 376 g/mol. The van der Waals surface area contributed by atoms with Crippen molar-refractivity contribution in [3.05, 3.63) is 48.4 Å². The molecule has 0 amide bonds. The number of benzene rings is 1.